The Morgan fingerprint density at radius 3 is 2.88 bits per heavy atom. The van der Waals surface area contributed by atoms with Gasteiger partial charge in [-0.3, -0.25) is 4.90 Å². The summed E-state index contributed by atoms with van der Waals surface area (Å²) < 4.78 is 1.95. The third-order valence-corrected chi connectivity index (χ3v) is 2.38. The van der Waals surface area contributed by atoms with Crippen molar-refractivity contribution in [3.05, 3.63) is 29.9 Å². The number of aryl methyl sites for hydroxylation is 1. The number of carbonyl (C=O) groups is 1. The summed E-state index contributed by atoms with van der Waals surface area (Å²) >= 11 is 0. The molecule has 0 radical (unpaired) electrons. The molecule has 0 spiro atoms. The first-order chi connectivity index (χ1) is 7.50. The van der Waals surface area contributed by atoms with Crippen molar-refractivity contribution in [1.82, 2.24) is 14.5 Å². The minimum atomic E-state index is -0.870. The average Bonchev–Trinajstić information content (AvgIpc) is 2.60. The molecule has 0 unspecified atom stereocenters. The number of carboxylic acid groups (broad SMARTS) is 1. The van der Waals surface area contributed by atoms with E-state index >= 15 is 0 Å². The van der Waals surface area contributed by atoms with Gasteiger partial charge in [0.1, 0.15) is 5.82 Å². The molecule has 0 aliphatic heterocycles. The summed E-state index contributed by atoms with van der Waals surface area (Å²) in [6, 6.07) is 0. The number of aliphatic carboxylic acids is 1. The molecular formula is C11H17N3O2. The van der Waals surface area contributed by atoms with Gasteiger partial charge in [0.25, 0.3) is 0 Å². The summed E-state index contributed by atoms with van der Waals surface area (Å²) in [4.78, 5) is 16.8. The van der Waals surface area contributed by atoms with E-state index in [9.17, 15) is 4.79 Å². The highest BCUT2D eigenvalue weighted by molar-refractivity contribution is 5.85. The number of rotatable bonds is 5. The van der Waals surface area contributed by atoms with Crippen LogP contribution in [0.15, 0.2) is 24.0 Å². The maximum Gasteiger partial charge on any atom is 0.330 e. The highest BCUT2D eigenvalue weighted by atomic mass is 16.4. The molecule has 0 fully saturated rings. The Balaban J connectivity index is 2.49. The van der Waals surface area contributed by atoms with E-state index in [1.165, 1.54) is 0 Å². The number of hydrogen-bond donors (Lipinski definition) is 1. The average molecular weight is 223 g/mol. The smallest absolute Gasteiger partial charge is 0.330 e. The molecule has 1 heterocycles. The Morgan fingerprint density at radius 1 is 1.69 bits per heavy atom. The lowest BCUT2D eigenvalue weighted by molar-refractivity contribution is -0.132. The summed E-state index contributed by atoms with van der Waals surface area (Å²) in [7, 11) is 3.87. The molecule has 1 aromatic heterocycles. The van der Waals surface area contributed by atoms with Crippen molar-refractivity contribution in [2.75, 3.05) is 13.6 Å². The fourth-order valence-electron chi connectivity index (χ4n) is 1.23. The van der Waals surface area contributed by atoms with Gasteiger partial charge in [-0.2, -0.15) is 0 Å². The van der Waals surface area contributed by atoms with Gasteiger partial charge in [0.15, 0.2) is 0 Å². The highest BCUT2D eigenvalue weighted by Gasteiger charge is 2.04. The van der Waals surface area contributed by atoms with Crippen LogP contribution in [0.4, 0.5) is 0 Å². The van der Waals surface area contributed by atoms with Crippen LogP contribution in [-0.2, 0) is 18.4 Å². The van der Waals surface area contributed by atoms with Crippen LogP contribution in [0.3, 0.4) is 0 Å². The molecule has 1 N–H and O–H groups in total. The topological polar surface area (TPSA) is 58.4 Å². The molecule has 1 aromatic rings. The predicted octanol–water partition coefficient (Wildman–Crippen LogP) is 0.883. The van der Waals surface area contributed by atoms with Gasteiger partial charge in [-0.1, -0.05) is 6.08 Å². The van der Waals surface area contributed by atoms with Crippen molar-refractivity contribution in [2.24, 2.45) is 7.05 Å². The lowest BCUT2D eigenvalue weighted by Crippen LogP contribution is -2.20. The van der Waals surface area contributed by atoms with Crippen LogP contribution in [0.25, 0.3) is 0 Å². The van der Waals surface area contributed by atoms with Crippen LogP contribution in [0.5, 0.6) is 0 Å². The van der Waals surface area contributed by atoms with E-state index in [0.717, 1.165) is 5.82 Å². The van der Waals surface area contributed by atoms with Crippen LogP contribution < -0.4 is 0 Å². The highest BCUT2D eigenvalue weighted by Crippen LogP contribution is 2.00. The Kier molecular flexibility index (Phi) is 4.25. The molecule has 88 valence electrons. The maximum atomic E-state index is 10.6. The van der Waals surface area contributed by atoms with E-state index in [1.807, 2.05) is 29.8 Å². The standard InChI is InChI=1S/C11H17N3O2/c1-9(11(15)16)4-6-13(2)8-10-12-5-7-14(10)3/h4-5,7H,6,8H2,1-3H3,(H,15,16). The summed E-state index contributed by atoms with van der Waals surface area (Å²) in [5, 5.41) is 8.69. The molecule has 16 heavy (non-hydrogen) atoms. The molecule has 5 nitrogen and oxygen atoms in total. The molecule has 0 saturated carbocycles. The summed E-state index contributed by atoms with van der Waals surface area (Å²) in [6.45, 7) is 2.90. The fraction of sp³-hybridized carbons (Fsp3) is 0.455. The number of likely N-dealkylation sites (N-methyl/N-ethyl adjacent to an activating group) is 1. The van der Waals surface area contributed by atoms with E-state index < -0.39 is 5.97 Å². The Hall–Kier alpha value is -1.62. The number of hydrogen-bond acceptors (Lipinski definition) is 3. The summed E-state index contributed by atoms with van der Waals surface area (Å²) in [5.41, 5.74) is 0.367. The first-order valence-electron chi connectivity index (χ1n) is 5.05. The largest absolute Gasteiger partial charge is 0.478 e. The zero-order valence-corrected chi connectivity index (χ0v) is 9.84. The van der Waals surface area contributed by atoms with Crippen molar-refractivity contribution in [3.8, 4) is 0 Å². The predicted molar refractivity (Wildman–Crippen MR) is 60.9 cm³/mol. The molecule has 0 aliphatic rings. The van der Waals surface area contributed by atoms with Gasteiger partial charge in [0, 0.05) is 31.6 Å². The summed E-state index contributed by atoms with van der Waals surface area (Å²) in [6.07, 6.45) is 5.34. The third kappa shape index (κ3) is 3.51. The number of aromatic nitrogens is 2. The van der Waals surface area contributed by atoms with Gasteiger partial charge in [0.2, 0.25) is 0 Å². The molecule has 5 heteroatoms. The van der Waals surface area contributed by atoms with E-state index in [-0.39, 0.29) is 0 Å². The minimum Gasteiger partial charge on any atom is -0.478 e. The fourth-order valence-corrected chi connectivity index (χ4v) is 1.23. The van der Waals surface area contributed by atoms with Crippen LogP contribution >= 0.6 is 0 Å². The first-order valence-corrected chi connectivity index (χ1v) is 5.05. The van der Waals surface area contributed by atoms with E-state index in [1.54, 1.807) is 19.2 Å². The molecule has 0 amide bonds. The van der Waals surface area contributed by atoms with Crippen LogP contribution in [0.1, 0.15) is 12.7 Å². The Morgan fingerprint density at radius 2 is 2.38 bits per heavy atom. The zero-order valence-electron chi connectivity index (χ0n) is 9.84. The first kappa shape index (κ1) is 12.4. The van der Waals surface area contributed by atoms with Gasteiger partial charge < -0.3 is 9.67 Å². The van der Waals surface area contributed by atoms with E-state index in [4.69, 9.17) is 5.11 Å². The normalized spacial score (nSPS) is 12.1. The van der Waals surface area contributed by atoms with E-state index in [0.29, 0.717) is 18.7 Å². The van der Waals surface area contributed by atoms with Gasteiger partial charge in [-0.05, 0) is 14.0 Å². The van der Waals surface area contributed by atoms with Gasteiger partial charge >= 0.3 is 5.97 Å². The van der Waals surface area contributed by atoms with Gasteiger partial charge in [-0.15, -0.1) is 0 Å². The van der Waals surface area contributed by atoms with Crippen LogP contribution in [0.2, 0.25) is 0 Å². The molecule has 0 saturated heterocycles. The summed E-state index contributed by atoms with van der Waals surface area (Å²) in [5.74, 6) is 0.0919. The molecular weight excluding hydrogens is 206 g/mol. The number of carboxylic acids is 1. The minimum absolute atomic E-state index is 0.367. The third-order valence-electron chi connectivity index (χ3n) is 2.38. The quantitative estimate of drug-likeness (QED) is 0.753. The SMILES string of the molecule is CC(=CCN(C)Cc1nccn1C)C(=O)O. The molecule has 1 rings (SSSR count). The second-order valence-electron chi connectivity index (χ2n) is 3.84. The lowest BCUT2D eigenvalue weighted by atomic mass is 10.3. The molecule has 0 aromatic carbocycles. The van der Waals surface area contributed by atoms with Crippen molar-refractivity contribution in [1.29, 1.82) is 0 Å². The maximum absolute atomic E-state index is 10.6. The molecule has 0 atom stereocenters. The van der Waals surface area contributed by atoms with Crippen molar-refractivity contribution in [2.45, 2.75) is 13.5 Å². The zero-order chi connectivity index (χ0) is 12.1. The van der Waals surface area contributed by atoms with Crippen LogP contribution in [0, 0.1) is 0 Å². The Bertz CT molecular complexity index is 396. The van der Waals surface area contributed by atoms with Crippen LogP contribution in [-0.4, -0.2) is 39.1 Å². The Labute approximate surface area is 95.0 Å². The molecule has 0 aliphatic carbocycles. The van der Waals surface area contributed by atoms with Crippen molar-refractivity contribution in [3.63, 3.8) is 0 Å². The van der Waals surface area contributed by atoms with Crippen molar-refractivity contribution < 1.29 is 9.90 Å². The van der Waals surface area contributed by atoms with Gasteiger partial charge in [0.05, 0.1) is 6.54 Å². The van der Waals surface area contributed by atoms with E-state index in [2.05, 4.69) is 4.98 Å². The monoisotopic (exact) mass is 223 g/mol. The van der Waals surface area contributed by atoms with Gasteiger partial charge in [-0.25, -0.2) is 9.78 Å². The number of imidazole rings is 1. The second-order valence-corrected chi connectivity index (χ2v) is 3.84. The lowest BCUT2D eigenvalue weighted by Gasteiger charge is -2.14. The molecule has 0 bridgehead atoms. The van der Waals surface area contributed by atoms with Crippen molar-refractivity contribution >= 4 is 5.97 Å². The second kappa shape index (κ2) is 5.46. The number of nitrogens with zero attached hydrogens (tertiary/aromatic N) is 3.